The van der Waals surface area contributed by atoms with E-state index in [4.69, 9.17) is 12.3 Å². The van der Waals surface area contributed by atoms with Crippen molar-refractivity contribution in [1.29, 1.82) is 0 Å². The number of hydrogen-bond acceptors (Lipinski definition) is 2. The highest BCUT2D eigenvalue weighted by Gasteiger charge is 2.10. The number of nitrogen functional groups attached to an aromatic ring is 1. The fourth-order valence-corrected chi connectivity index (χ4v) is 1.94. The van der Waals surface area contributed by atoms with Crippen molar-refractivity contribution in [3.63, 3.8) is 0 Å². The van der Waals surface area contributed by atoms with Gasteiger partial charge >= 0.3 is 0 Å². The molecule has 0 unspecified atom stereocenters. The van der Waals surface area contributed by atoms with E-state index in [0.29, 0.717) is 17.2 Å². The normalized spacial score (nSPS) is 10.4. The molecule has 1 heterocycles. The number of nitrogens with one attached hydrogen (secondary N) is 1. The highest BCUT2D eigenvalue weighted by Crippen LogP contribution is 2.32. The standard InChI is InChI=1S/C14H10N4/c1-16-12-8-4-5-9(13(12)15)14-17-10-6-2-3-7-11(10)18-14/h2-8H,15H2,(H,17,18). The largest absolute Gasteiger partial charge is 0.407 e. The van der Waals surface area contributed by atoms with Crippen LogP contribution in [0.4, 0.5) is 11.4 Å². The summed E-state index contributed by atoms with van der Waals surface area (Å²) in [7, 11) is 0. The van der Waals surface area contributed by atoms with Crippen molar-refractivity contribution in [3.8, 4) is 11.4 Å². The fraction of sp³-hybridized carbons (Fsp3) is 0. The lowest BCUT2D eigenvalue weighted by Crippen LogP contribution is -1.91. The van der Waals surface area contributed by atoms with E-state index in [1.54, 1.807) is 6.07 Å². The highest BCUT2D eigenvalue weighted by atomic mass is 14.9. The van der Waals surface area contributed by atoms with Crippen molar-refractivity contribution >= 4 is 22.4 Å². The van der Waals surface area contributed by atoms with Crippen LogP contribution < -0.4 is 5.73 Å². The maximum atomic E-state index is 7.07. The molecule has 0 aliphatic rings. The van der Waals surface area contributed by atoms with Crippen LogP contribution in [-0.2, 0) is 0 Å². The number of imidazole rings is 1. The van der Waals surface area contributed by atoms with Crippen molar-refractivity contribution in [2.45, 2.75) is 0 Å². The smallest absolute Gasteiger partial charge is 0.210 e. The zero-order valence-electron chi connectivity index (χ0n) is 9.51. The van der Waals surface area contributed by atoms with Crippen LogP contribution in [0, 0.1) is 6.57 Å². The zero-order valence-corrected chi connectivity index (χ0v) is 9.51. The van der Waals surface area contributed by atoms with Gasteiger partial charge in [-0.1, -0.05) is 30.3 Å². The first-order valence-electron chi connectivity index (χ1n) is 5.50. The van der Waals surface area contributed by atoms with Crippen LogP contribution in [0.15, 0.2) is 42.5 Å². The predicted molar refractivity (Wildman–Crippen MR) is 72.2 cm³/mol. The first-order valence-corrected chi connectivity index (χ1v) is 5.50. The molecule has 0 radical (unpaired) electrons. The zero-order chi connectivity index (χ0) is 12.5. The van der Waals surface area contributed by atoms with Gasteiger partial charge in [0.05, 0.1) is 17.6 Å². The molecule has 0 aliphatic heterocycles. The number of hydrogen-bond donors (Lipinski definition) is 2. The van der Waals surface area contributed by atoms with Gasteiger partial charge in [0.15, 0.2) is 0 Å². The van der Waals surface area contributed by atoms with Crippen LogP contribution in [-0.4, -0.2) is 9.97 Å². The van der Waals surface area contributed by atoms with E-state index >= 15 is 0 Å². The SMILES string of the molecule is [C-]#[N+]c1cccc(-c2nc3ccccc3[nH]2)c1N. The van der Waals surface area contributed by atoms with E-state index < -0.39 is 0 Å². The van der Waals surface area contributed by atoms with Crippen LogP contribution in [0.5, 0.6) is 0 Å². The lowest BCUT2D eigenvalue weighted by Gasteiger charge is -2.03. The van der Waals surface area contributed by atoms with Gasteiger partial charge in [-0.05, 0) is 12.1 Å². The summed E-state index contributed by atoms with van der Waals surface area (Å²) in [5.41, 5.74) is 9.50. The molecule has 0 saturated carbocycles. The molecular formula is C14H10N4. The molecule has 0 fully saturated rings. The highest BCUT2D eigenvalue weighted by molar-refractivity contribution is 5.87. The molecule has 4 nitrogen and oxygen atoms in total. The Labute approximate surface area is 104 Å². The summed E-state index contributed by atoms with van der Waals surface area (Å²) in [5, 5.41) is 0. The van der Waals surface area contributed by atoms with Gasteiger partial charge in [0, 0.05) is 11.3 Å². The quantitative estimate of drug-likeness (QED) is 0.501. The molecule has 0 amide bonds. The Morgan fingerprint density at radius 1 is 1.11 bits per heavy atom. The summed E-state index contributed by atoms with van der Waals surface area (Å²) in [5.74, 6) is 0.694. The molecule has 2 aromatic carbocycles. The Bertz CT molecular complexity index is 732. The summed E-state index contributed by atoms with van der Waals surface area (Å²) >= 11 is 0. The number of anilines is 1. The maximum Gasteiger partial charge on any atom is 0.210 e. The molecule has 4 heteroatoms. The Balaban J connectivity index is 2.24. The van der Waals surface area contributed by atoms with Crippen molar-refractivity contribution in [2.75, 3.05) is 5.73 Å². The van der Waals surface area contributed by atoms with Gasteiger partial charge in [0.2, 0.25) is 5.69 Å². The van der Waals surface area contributed by atoms with E-state index in [1.165, 1.54) is 0 Å². The molecule has 0 atom stereocenters. The minimum absolute atomic E-state index is 0.452. The summed E-state index contributed by atoms with van der Waals surface area (Å²) in [6.45, 7) is 7.07. The second-order valence-electron chi connectivity index (χ2n) is 3.95. The third kappa shape index (κ3) is 1.50. The van der Waals surface area contributed by atoms with Crippen molar-refractivity contribution in [2.24, 2.45) is 0 Å². The number of aromatic nitrogens is 2. The fourth-order valence-electron chi connectivity index (χ4n) is 1.94. The van der Waals surface area contributed by atoms with Crippen molar-refractivity contribution < 1.29 is 0 Å². The lowest BCUT2D eigenvalue weighted by atomic mass is 10.1. The minimum atomic E-state index is 0.452. The number of rotatable bonds is 1. The molecule has 1 aromatic heterocycles. The van der Waals surface area contributed by atoms with E-state index in [-0.39, 0.29) is 0 Å². The van der Waals surface area contributed by atoms with E-state index in [2.05, 4.69) is 14.8 Å². The van der Waals surface area contributed by atoms with E-state index in [0.717, 1.165) is 16.6 Å². The molecule has 0 aliphatic carbocycles. The van der Waals surface area contributed by atoms with E-state index in [9.17, 15) is 0 Å². The number of H-pyrrole nitrogens is 1. The van der Waals surface area contributed by atoms with Crippen LogP contribution in [0.25, 0.3) is 27.3 Å². The number of para-hydroxylation sites is 3. The molecule has 0 spiro atoms. The molecule has 3 aromatic rings. The molecule has 3 N–H and O–H groups in total. The van der Waals surface area contributed by atoms with Gasteiger partial charge < -0.3 is 10.7 Å². The molecular weight excluding hydrogens is 224 g/mol. The van der Waals surface area contributed by atoms with Gasteiger partial charge in [-0.25, -0.2) is 9.83 Å². The lowest BCUT2D eigenvalue weighted by molar-refractivity contribution is 1.34. The van der Waals surface area contributed by atoms with Gasteiger partial charge in [0.1, 0.15) is 5.82 Å². The summed E-state index contributed by atoms with van der Waals surface area (Å²) in [6.07, 6.45) is 0. The minimum Gasteiger partial charge on any atom is -0.407 e. The van der Waals surface area contributed by atoms with Crippen molar-refractivity contribution in [3.05, 3.63) is 53.9 Å². The Morgan fingerprint density at radius 2 is 1.94 bits per heavy atom. The maximum absolute atomic E-state index is 7.07. The number of nitrogens with two attached hydrogens (primary N) is 1. The van der Waals surface area contributed by atoms with Crippen LogP contribution in [0.3, 0.4) is 0 Å². The summed E-state index contributed by atoms with van der Waals surface area (Å²) in [6, 6.07) is 13.2. The van der Waals surface area contributed by atoms with Crippen LogP contribution in [0.1, 0.15) is 0 Å². The summed E-state index contributed by atoms with van der Waals surface area (Å²) in [4.78, 5) is 11.1. The monoisotopic (exact) mass is 234 g/mol. The van der Waals surface area contributed by atoms with Crippen LogP contribution >= 0.6 is 0 Å². The predicted octanol–water partition coefficient (Wildman–Crippen LogP) is 3.36. The first kappa shape index (κ1) is 10.4. The number of fused-ring (bicyclic) bond motifs is 1. The summed E-state index contributed by atoms with van der Waals surface area (Å²) < 4.78 is 0. The molecule has 0 bridgehead atoms. The van der Waals surface area contributed by atoms with Gasteiger partial charge in [-0.2, -0.15) is 0 Å². The van der Waals surface area contributed by atoms with Gasteiger partial charge in [0.25, 0.3) is 0 Å². The second-order valence-corrected chi connectivity index (χ2v) is 3.95. The Hall–Kier alpha value is -2.80. The second kappa shape index (κ2) is 3.90. The van der Waals surface area contributed by atoms with Gasteiger partial charge in [-0.15, -0.1) is 0 Å². The van der Waals surface area contributed by atoms with Crippen LogP contribution in [0.2, 0.25) is 0 Å². The van der Waals surface area contributed by atoms with Crippen molar-refractivity contribution in [1.82, 2.24) is 9.97 Å². The number of benzene rings is 2. The van der Waals surface area contributed by atoms with E-state index in [1.807, 2.05) is 36.4 Å². The average molecular weight is 234 g/mol. The Morgan fingerprint density at radius 3 is 2.72 bits per heavy atom. The van der Waals surface area contributed by atoms with Gasteiger partial charge in [-0.3, -0.25) is 0 Å². The molecule has 0 saturated heterocycles. The first-order chi connectivity index (χ1) is 8.79. The molecule has 3 rings (SSSR count). The third-order valence-electron chi connectivity index (χ3n) is 2.85. The third-order valence-corrected chi connectivity index (χ3v) is 2.85. The Kier molecular flexibility index (Phi) is 2.24. The number of nitrogens with zero attached hydrogens (tertiary/aromatic N) is 2. The molecule has 86 valence electrons. The number of aromatic amines is 1. The topological polar surface area (TPSA) is 59.1 Å². The average Bonchev–Trinajstić information content (AvgIpc) is 2.82. The molecule has 18 heavy (non-hydrogen) atoms.